The van der Waals surface area contributed by atoms with E-state index in [9.17, 15) is 4.79 Å². The van der Waals surface area contributed by atoms with E-state index in [1.807, 2.05) is 41.9 Å². The van der Waals surface area contributed by atoms with E-state index in [1.54, 1.807) is 29.6 Å². The Balaban J connectivity index is 1.40. The number of pyridine rings is 2. The Morgan fingerprint density at radius 2 is 2.12 bits per heavy atom. The highest BCUT2D eigenvalue weighted by Crippen LogP contribution is 2.34. The normalized spacial score (nSPS) is 15.8. The lowest BCUT2D eigenvalue weighted by Crippen LogP contribution is -2.41. The summed E-state index contributed by atoms with van der Waals surface area (Å²) in [4.78, 5) is 27.0. The van der Waals surface area contributed by atoms with Gasteiger partial charge in [-0.3, -0.25) is 9.78 Å². The minimum absolute atomic E-state index is 0.0887. The van der Waals surface area contributed by atoms with Crippen molar-refractivity contribution < 1.29 is 9.21 Å². The molecule has 1 amide bonds. The van der Waals surface area contributed by atoms with Crippen molar-refractivity contribution in [2.45, 2.75) is 19.4 Å². The van der Waals surface area contributed by atoms with E-state index < -0.39 is 6.04 Å². The van der Waals surface area contributed by atoms with Crippen LogP contribution in [0, 0.1) is 6.92 Å². The molecule has 0 aromatic carbocycles. The quantitative estimate of drug-likeness (QED) is 0.471. The van der Waals surface area contributed by atoms with Gasteiger partial charge in [-0.15, -0.1) is 10.2 Å². The molecule has 5 aromatic heterocycles. The Hall–Kier alpha value is -4.34. The van der Waals surface area contributed by atoms with Gasteiger partial charge in [0.25, 0.3) is 5.89 Å². The monoisotopic (exact) mass is 426 g/mol. The van der Waals surface area contributed by atoms with E-state index in [0.29, 0.717) is 18.7 Å². The van der Waals surface area contributed by atoms with Crippen LogP contribution in [0.15, 0.2) is 59.5 Å². The predicted molar refractivity (Wildman–Crippen MR) is 113 cm³/mol. The molecule has 1 aliphatic rings. The van der Waals surface area contributed by atoms with Crippen molar-refractivity contribution >= 4 is 11.4 Å². The Morgan fingerprint density at radius 3 is 3.00 bits per heavy atom. The summed E-state index contributed by atoms with van der Waals surface area (Å²) in [5, 5.41) is 12.7. The number of aromatic nitrogens is 7. The zero-order chi connectivity index (χ0) is 21.7. The van der Waals surface area contributed by atoms with Gasteiger partial charge in [-0.25, -0.2) is 9.50 Å². The maximum atomic E-state index is 13.5. The fraction of sp³-hybridized carbons (Fsp3) is 0.182. The van der Waals surface area contributed by atoms with Crippen molar-refractivity contribution in [1.29, 1.82) is 0 Å². The minimum atomic E-state index is -0.470. The third-order valence-electron chi connectivity index (χ3n) is 5.58. The van der Waals surface area contributed by atoms with E-state index in [-0.39, 0.29) is 17.7 Å². The molecule has 0 spiro atoms. The minimum Gasteiger partial charge on any atom is -0.411 e. The van der Waals surface area contributed by atoms with Crippen LogP contribution in [0.5, 0.6) is 0 Å². The zero-order valence-electron chi connectivity index (χ0n) is 17.1. The standard InChI is InChI=1S/C22H18N8O2/c1-13-5-6-14-10-17(28-30(14)11-13)19-18-15(24-12-25-18)7-9-29(19)22(31)21-27-26-20(32-21)16-4-2-3-8-23-16/h2-6,8,10-12,19H,7,9H2,1H3,(H,24,25). The van der Waals surface area contributed by atoms with Gasteiger partial charge >= 0.3 is 11.8 Å². The topological polar surface area (TPSA) is 118 Å². The number of rotatable bonds is 3. The first kappa shape index (κ1) is 18.4. The largest absolute Gasteiger partial charge is 0.411 e. The molecule has 0 saturated heterocycles. The Labute approximate surface area is 181 Å². The van der Waals surface area contributed by atoms with Crippen molar-refractivity contribution in [2.24, 2.45) is 0 Å². The number of aryl methyl sites for hydroxylation is 1. The molecule has 10 nitrogen and oxygen atoms in total. The first-order valence-electron chi connectivity index (χ1n) is 10.2. The first-order valence-corrected chi connectivity index (χ1v) is 10.2. The van der Waals surface area contributed by atoms with Gasteiger partial charge in [0.1, 0.15) is 11.7 Å². The van der Waals surface area contributed by atoms with E-state index in [1.165, 1.54) is 0 Å². The van der Waals surface area contributed by atoms with Crippen LogP contribution in [-0.2, 0) is 6.42 Å². The number of imidazole rings is 1. The summed E-state index contributed by atoms with van der Waals surface area (Å²) in [6.07, 6.45) is 5.88. The number of amides is 1. The molecule has 0 aliphatic carbocycles. The highest BCUT2D eigenvalue weighted by atomic mass is 16.4. The molecule has 5 aromatic rings. The van der Waals surface area contributed by atoms with Crippen LogP contribution in [0.2, 0.25) is 0 Å². The van der Waals surface area contributed by atoms with Crippen molar-refractivity contribution in [3.05, 3.63) is 83.7 Å². The van der Waals surface area contributed by atoms with Crippen molar-refractivity contribution in [3.8, 4) is 11.6 Å². The van der Waals surface area contributed by atoms with Crippen LogP contribution in [0.3, 0.4) is 0 Å². The number of hydrogen-bond donors (Lipinski definition) is 1. The SMILES string of the molecule is Cc1ccc2cc(C3c4nc[nH]c4CCN3C(=O)c3nnc(-c4ccccn4)o3)nn2c1. The summed E-state index contributed by atoms with van der Waals surface area (Å²) in [6, 6.07) is 10.9. The number of nitrogens with zero attached hydrogens (tertiary/aromatic N) is 7. The molecule has 0 bridgehead atoms. The van der Waals surface area contributed by atoms with Gasteiger partial charge in [-0.05, 0) is 36.8 Å². The van der Waals surface area contributed by atoms with Crippen LogP contribution < -0.4 is 0 Å². The maximum Gasteiger partial charge on any atom is 0.312 e. The summed E-state index contributed by atoms with van der Waals surface area (Å²) in [7, 11) is 0. The number of carbonyl (C=O) groups excluding carboxylic acids is 1. The number of carbonyl (C=O) groups is 1. The molecule has 32 heavy (non-hydrogen) atoms. The van der Waals surface area contributed by atoms with Crippen LogP contribution in [0.4, 0.5) is 0 Å². The van der Waals surface area contributed by atoms with Gasteiger partial charge in [-0.2, -0.15) is 5.10 Å². The summed E-state index contributed by atoms with van der Waals surface area (Å²) >= 11 is 0. The third kappa shape index (κ3) is 2.96. The van der Waals surface area contributed by atoms with Gasteiger partial charge in [0.15, 0.2) is 0 Å². The molecule has 6 heterocycles. The molecule has 1 unspecified atom stereocenters. The van der Waals surface area contributed by atoms with Crippen LogP contribution in [-0.4, -0.2) is 52.1 Å². The molecular formula is C22H18N8O2. The molecule has 10 heteroatoms. The van der Waals surface area contributed by atoms with E-state index in [4.69, 9.17) is 9.52 Å². The van der Waals surface area contributed by atoms with Crippen LogP contribution >= 0.6 is 0 Å². The third-order valence-corrected chi connectivity index (χ3v) is 5.58. The Morgan fingerprint density at radius 1 is 1.19 bits per heavy atom. The average molecular weight is 426 g/mol. The molecular weight excluding hydrogens is 408 g/mol. The highest BCUT2D eigenvalue weighted by molar-refractivity contribution is 5.90. The second-order valence-corrected chi connectivity index (χ2v) is 7.69. The molecule has 1 atom stereocenters. The summed E-state index contributed by atoms with van der Waals surface area (Å²) < 4.78 is 7.50. The van der Waals surface area contributed by atoms with E-state index in [0.717, 1.165) is 28.2 Å². The predicted octanol–water partition coefficient (Wildman–Crippen LogP) is 2.60. The van der Waals surface area contributed by atoms with Gasteiger partial charge < -0.3 is 14.3 Å². The number of nitrogens with one attached hydrogen (secondary N) is 1. The van der Waals surface area contributed by atoms with Crippen molar-refractivity contribution in [3.63, 3.8) is 0 Å². The molecule has 1 aliphatic heterocycles. The number of fused-ring (bicyclic) bond motifs is 2. The van der Waals surface area contributed by atoms with Crippen molar-refractivity contribution in [2.75, 3.05) is 6.54 Å². The van der Waals surface area contributed by atoms with E-state index >= 15 is 0 Å². The lowest BCUT2D eigenvalue weighted by Gasteiger charge is -2.32. The van der Waals surface area contributed by atoms with Crippen LogP contribution in [0.25, 0.3) is 17.1 Å². The second kappa shape index (κ2) is 7.12. The van der Waals surface area contributed by atoms with Gasteiger partial charge in [-0.1, -0.05) is 12.1 Å². The summed E-state index contributed by atoms with van der Waals surface area (Å²) in [5.41, 5.74) is 5.04. The number of aromatic amines is 1. The van der Waals surface area contributed by atoms with Crippen molar-refractivity contribution in [1.82, 2.24) is 39.7 Å². The Kier molecular flexibility index (Phi) is 4.10. The maximum absolute atomic E-state index is 13.5. The lowest BCUT2D eigenvalue weighted by atomic mass is 9.99. The number of hydrogen-bond acceptors (Lipinski definition) is 7. The fourth-order valence-corrected chi connectivity index (χ4v) is 4.06. The molecule has 0 saturated carbocycles. The number of H-pyrrole nitrogens is 1. The molecule has 6 rings (SSSR count). The fourth-order valence-electron chi connectivity index (χ4n) is 4.06. The molecule has 1 N–H and O–H groups in total. The molecule has 158 valence electrons. The summed E-state index contributed by atoms with van der Waals surface area (Å²) in [5.74, 6) is -0.257. The first-order chi connectivity index (χ1) is 15.7. The highest BCUT2D eigenvalue weighted by Gasteiger charge is 2.38. The zero-order valence-corrected chi connectivity index (χ0v) is 17.1. The van der Waals surface area contributed by atoms with E-state index in [2.05, 4.69) is 25.1 Å². The van der Waals surface area contributed by atoms with Crippen LogP contribution in [0.1, 0.15) is 39.4 Å². The Bertz CT molecular complexity index is 1430. The van der Waals surface area contributed by atoms with Gasteiger partial charge in [0.05, 0.1) is 23.2 Å². The smallest absolute Gasteiger partial charge is 0.312 e. The van der Waals surface area contributed by atoms with Gasteiger partial charge in [0, 0.05) is 31.1 Å². The second-order valence-electron chi connectivity index (χ2n) is 7.69. The van der Waals surface area contributed by atoms with Gasteiger partial charge in [0.2, 0.25) is 0 Å². The molecule has 0 radical (unpaired) electrons. The summed E-state index contributed by atoms with van der Waals surface area (Å²) in [6.45, 7) is 2.48. The lowest BCUT2D eigenvalue weighted by molar-refractivity contribution is 0.0646. The average Bonchev–Trinajstić information content (AvgIpc) is 3.57. The molecule has 0 fully saturated rings.